The van der Waals surface area contributed by atoms with Crippen LogP contribution < -0.4 is 10.1 Å². The second-order valence-electron chi connectivity index (χ2n) is 6.43. The molecule has 0 spiro atoms. The van der Waals surface area contributed by atoms with Crippen LogP contribution in [0.3, 0.4) is 0 Å². The first kappa shape index (κ1) is 18.6. The van der Waals surface area contributed by atoms with E-state index in [1.54, 1.807) is 29.7 Å². The molecule has 2 heterocycles. The van der Waals surface area contributed by atoms with E-state index in [1.807, 2.05) is 55.8 Å². The van der Waals surface area contributed by atoms with Gasteiger partial charge in [0.25, 0.3) is 0 Å². The van der Waals surface area contributed by atoms with Gasteiger partial charge in [0, 0.05) is 24.0 Å². The molecular formula is C22H17N5OS. The molecule has 0 aliphatic heterocycles. The van der Waals surface area contributed by atoms with E-state index in [4.69, 9.17) is 10.00 Å². The van der Waals surface area contributed by atoms with Crippen molar-refractivity contribution in [3.8, 4) is 17.7 Å². The van der Waals surface area contributed by atoms with Gasteiger partial charge in [-0.05, 0) is 66.9 Å². The van der Waals surface area contributed by atoms with Gasteiger partial charge in [0.1, 0.15) is 5.75 Å². The molecule has 0 aliphatic carbocycles. The molecule has 4 aromatic rings. The summed E-state index contributed by atoms with van der Waals surface area (Å²) in [6.45, 7) is 3.94. The van der Waals surface area contributed by atoms with Crippen LogP contribution in [0.5, 0.6) is 11.6 Å². The van der Waals surface area contributed by atoms with Crippen molar-refractivity contribution in [2.75, 3.05) is 5.32 Å². The lowest BCUT2D eigenvalue weighted by atomic mass is 10.1. The molecule has 4 rings (SSSR count). The molecule has 0 atom stereocenters. The van der Waals surface area contributed by atoms with Gasteiger partial charge in [-0.1, -0.05) is 0 Å². The molecule has 0 saturated heterocycles. The number of fused-ring (bicyclic) bond motifs is 1. The summed E-state index contributed by atoms with van der Waals surface area (Å²) in [5, 5.41) is 11.9. The van der Waals surface area contributed by atoms with Gasteiger partial charge in [-0.2, -0.15) is 10.2 Å². The van der Waals surface area contributed by atoms with Crippen LogP contribution in [-0.4, -0.2) is 15.0 Å². The highest BCUT2D eigenvalue weighted by atomic mass is 32.1. The molecule has 6 nitrogen and oxygen atoms in total. The molecule has 0 fully saturated rings. The number of nitrogens with one attached hydrogen (secondary N) is 1. The summed E-state index contributed by atoms with van der Waals surface area (Å²) < 4.78 is 7.14. The van der Waals surface area contributed by atoms with Crippen LogP contribution in [0.1, 0.15) is 16.7 Å². The minimum Gasteiger partial charge on any atom is -0.438 e. The summed E-state index contributed by atoms with van der Waals surface area (Å²) in [7, 11) is 0. The van der Waals surface area contributed by atoms with E-state index in [2.05, 4.69) is 20.3 Å². The van der Waals surface area contributed by atoms with Crippen LogP contribution in [0.4, 0.5) is 11.6 Å². The topological polar surface area (TPSA) is 83.7 Å². The van der Waals surface area contributed by atoms with Gasteiger partial charge in [-0.3, -0.25) is 0 Å². The minimum absolute atomic E-state index is 0.452. The van der Waals surface area contributed by atoms with Gasteiger partial charge >= 0.3 is 0 Å². The Hall–Kier alpha value is -3.76. The maximum Gasteiger partial charge on any atom is 0.230 e. The van der Waals surface area contributed by atoms with Crippen molar-refractivity contribution >= 4 is 39.3 Å². The molecular weight excluding hydrogens is 382 g/mol. The molecule has 142 valence electrons. The van der Waals surface area contributed by atoms with E-state index >= 15 is 0 Å². The number of hydrogen-bond acceptors (Lipinski definition) is 7. The van der Waals surface area contributed by atoms with Crippen LogP contribution in [0.25, 0.3) is 16.3 Å². The zero-order valence-electron chi connectivity index (χ0n) is 15.9. The maximum atomic E-state index is 8.70. The van der Waals surface area contributed by atoms with Crippen LogP contribution in [0.2, 0.25) is 0 Å². The smallest absolute Gasteiger partial charge is 0.230 e. The summed E-state index contributed by atoms with van der Waals surface area (Å²) in [5.74, 6) is 1.65. The fourth-order valence-electron chi connectivity index (χ4n) is 3.00. The Balaban J connectivity index is 1.56. The molecule has 0 bridgehead atoms. The number of anilines is 2. The third-order valence-corrected chi connectivity index (χ3v) is 5.05. The second-order valence-corrected chi connectivity index (χ2v) is 7.31. The number of aryl methyl sites for hydroxylation is 2. The monoisotopic (exact) mass is 399 g/mol. The number of aromatic nitrogens is 3. The Morgan fingerprint density at radius 3 is 2.72 bits per heavy atom. The van der Waals surface area contributed by atoms with Crippen molar-refractivity contribution in [3.63, 3.8) is 0 Å². The zero-order chi connectivity index (χ0) is 20.2. The van der Waals surface area contributed by atoms with Gasteiger partial charge in [-0.25, -0.2) is 9.97 Å². The highest BCUT2D eigenvalue weighted by molar-refractivity contribution is 7.16. The van der Waals surface area contributed by atoms with E-state index in [1.165, 1.54) is 6.08 Å². The van der Waals surface area contributed by atoms with Crippen LogP contribution in [0.15, 0.2) is 54.2 Å². The van der Waals surface area contributed by atoms with Gasteiger partial charge in [-0.15, -0.1) is 11.3 Å². The summed E-state index contributed by atoms with van der Waals surface area (Å²) in [4.78, 5) is 13.0. The third kappa shape index (κ3) is 4.23. The first-order chi connectivity index (χ1) is 14.1. The maximum absolute atomic E-state index is 8.70. The summed E-state index contributed by atoms with van der Waals surface area (Å²) in [5.41, 5.74) is 6.57. The van der Waals surface area contributed by atoms with Crippen molar-refractivity contribution in [1.29, 1.82) is 5.26 Å². The quantitative estimate of drug-likeness (QED) is 0.429. The van der Waals surface area contributed by atoms with E-state index in [0.717, 1.165) is 38.3 Å². The third-order valence-electron chi connectivity index (χ3n) is 4.26. The highest BCUT2D eigenvalue weighted by Crippen LogP contribution is 2.30. The molecule has 7 heteroatoms. The number of allylic oxidation sites excluding steroid dienone is 1. The lowest BCUT2D eigenvalue weighted by molar-refractivity contribution is 0.455. The standard InChI is InChI=1S/C22H17N5OS/c1-14-10-16(4-3-8-23)11-15(2)21(14)28-20-7-9-24-22(27-20)26-17-5-6-18-19(12-17)29-13-25-18/h3-7,9-13H,1-2H3,(H,24,26,27)/b4-3+. The number of nitriles is 1. The Labute approximate surface area is 172 Å². The Morgan fingerprint density at radius 2 is 1.93 bits per heavy atom. The number of rotatable bonds is 5. The predicted molar refractivity (Wildman–Crippen MR) is 116 cm³/mol. The fourth-order valence-corrected chi connectivity index (χ4v) is 3.72. The van der Waals surface area contributed by atoms with E-state index in [0.29, 0.717) is 11.8 Å². The van der Waals surface area contributed by atoms with Crippen LogP contribution >= 0.6 is 11.3 Å². The average molecular weight is 399 g/mol. The summed E-state index contributed by atoms with van der Waals surface area (Å²) >= 11 is 1.59. The van der Waals surface area contributed by atoms with Gasteiger partial charge in [0.15, 0.2) is 0 Å². The Morgan fingerprint density at radius 1 is 1.10 bits per heavy atom. The SMILES string of the molecule is Cc1cc(/C=C/C#N)cc(C)c1Oc1ccnc(Nc2ccc3ncsc3c2)n1. The van der Waals surface area contributed by atoms with E-state index in [9.17, 15) is 0 Å². The Bertz CT molecular complexity index is 1230. The summed E-state index contributed by atoms with van der Waals surface area (Å²) in [6, 6.07) is 13.6. The summed E-state index contributed by atoms with van der Waals surface area (Å²) in [6.07, 6.45) is 4.89. The largest absolute Gasteiger partial charge is 0.438 e. The second kappa shape index (κ2) is 8.09. The van der Waals surface area contributed by atoms with Gasteiger partial charge in [0.05, 0.1) is 21.8 Å². The van der Waals surface area contributed by atoms with E-state index < -0.39 is 0 Å². The minimum atomic E-state index is 0.452. The first-order valence-corrected chi connectivity index (χ1v) is 9.79. The normalized spacial score (nSPS) is 10.9. The molecule has 0 unspecified atom stereocenters. The fraction of sp³-hybridized carbons (Fsp3) is 0.0909. The number of nitrogens with zero attached hydrogens (tertiary/aromatic N) is 4. The van der Waals surface area contributed by atoms with Crippen molar-refractivity contribution in [1.82, 2.24) is 15.0 Å². The van der Waals surface area contributed by atoms with Crippen molar-refractivity contribution in [2.24, 2.45) is 0 Å². The molecule has 29 heavy (non-hydrogen) atoms. The number of ether oxygens (including phenoxy) is 1. The molecule has 0 amide bonds. The predicted octanol–water partition coefficient (Wildman–Crippen LogP) is 5.78. The first-order valence-electron chi connectivity index (χ1n) is 8.91. The number of hydrogen-bond donors (Lipinski definition) is 1. The van der Waals surface area contributed by atoms with Crippen LogP contribution in [-0.2, 0) is 0 Å². The Kier molecular flexibility index (Phi) is 5.18. The average Bonchev–Trinajstić information content (AvgIpc) is 3.17. The molecule has 2 aromatic carbocycles. The van der Waals surface area contributed by atoms with Crippen LogP contribution in [0, 0.1) is 25.2 Å². The molecule has 0 saturated carbocycles. The van der Waals surface area contributed by atoms with E-state index in [-0.39, 0.29) is 0 Å². The number of thiazole rings is 1. The van der Waals surface area contributed by atoms with Gasteiger partial charge in [0.2, 0.25) is 11.8 Å². The molecule has 1 N–H and O–H groups in total. The lowest BCUT2D eigenvalue weighted by Gasteiger charge is -2.13. The molecule has 0 radical (unpaired) electrons. The molecule has 0 aliphatic rings. The molecule has 2 aromatic heterocycles. The highest BCUT2D eigenvalue weighted by Gasteiger charge is 2.09. The lowest BCUT2D eigenvalue weighted by Crippen LogP contribution is -1.99. The van der Waals surface area contributed by atoms with Crippen molar-refractivity contribution in [2.45, 2.75) is 13.8 Å². The van der Waals surface area contributed by atoms with Crippen molar-refractivity contribution in [3.05, 3.63) is 70.9 Å². The van der Waals surface area contributed by atoms with Crippen molar-refractivity contribution < 1.29 is 4.74 Å². The number of benzene rings is 2. The zero-order valence-corrected chi connectivity index (χ0v) is 16.7. The van der Waals surface area contributed by atoms with Gasteiger partial charge < -0.3 is 10.1 Å².